The Kier molecular flexibility index (Phi) is 5.41. The molecule has 1 rings (SSSR count). The molecular weight excluding hydrogens is 216 g/mol. The molecule has 17 heavy (non-hydrogen) atoms. The van der Waals surface area contributed by atoms with Crippen LogP contribution in [0.3, 0.4) is 0 Å². The molecule has 0 amide bonds. The quantitative estimate of drug-likeness (QED) is 0.587. The van der Waals surface area contributed by atoms with Crippen LogP contribution in [-0.2, 0) is 4.74 Å². The minimum Gasteiger partial charge on any atom is -0.496 e. The van der Waals surface area contributed by atoms with Gasteiger partial charge in [-0.05, 0) is 12.0 Å². The molecule has 0 aliphatic heterocycles. The van der Waals surface area contributed by atoms with E-state index in [2.05, 4.69) is 19.3 Å². The van der Waals surface area contributed by atoms with E-state index in [-0.39, 0.29) is 12.1 Å². The van der Waals surface area contributed by atoms with Gasteiger partial charge in [-0.2, -0.15) is 0 Å². The summed E-state index contributed by atoms with van der Waals surface area (Å²) in [6, 6.07) is 7.74. The number of hydrogen-bond donors (Lipinski definition) is 2. The molecule has 0 bridgehead atoms. The van der Waals surface area contributed by atoms with E-state index in [1.165, 1.54) is 0 Å². The normalized spacial score (nSPS) is 14.7. The number of hydrazine groups is 1. The Labute approximate surface area is 103 Å². The van der Waals surface area contributed by atoms with Gasteiger partial charge in [0.15, 0.2) is 0 Å². The number of rotatable bonds is 6. The lowest BCUT2D eigenvalue weighted by Gasteiger charge is -2.29. The molecule has 2 unspecified atom stereocenters. The predicted octanol–water partition coefficient (Wildman–Crippen LogP) is 1.87. The number of nitrogens with two attached hydrogens (primary N) is 1. The number of benzene rings is 1. The summed E-state index contributed by atoms with van der Waals surface area (Å²) < 4.78 is 10.9. The van der Waals surface area contributed by atoms with Crippen LogP contribution in [0, 0.1) is 5.92 Å². The lowest BCUT2D eigenvalue weighted by Crippen LogP contribution is -2.40. The molecule has 1 aromatic rings. The first-order valence-electron chi connectivity index (χ1n) is 5.77. The molecular formula is C13H22N2O2. The molecule has 0 saturated heterocycles. The largest absolute Gasteiger partial charge is 0.496 e. The van der Waals surface area contributed by atoms with E-state index >= 15 is 0 Å². The Morgan fingerprint density at radius 1 is 1.18 bits per heavy atom. The van der Waals surface area contributed by atoms with Gasteiger partial charge in [0, 0.05) is 12.7 Å². The van der Waals surface area contributed by atoms with Crippen LogP contribution in [0.4, 0.5) is 0 Å². The van der Waals surface area contributed by atoms with Gasteiger partial charge in [0.05, 0.1) is 19.3 Å². The number of ether oxygens (including phenoxy) is 2. The molecule has 2 atom stereocenters. The molecule has 96 valence electrons. The zero-order chi connectivity index (χ0) is 12.8. The molecule has 0 spiro atoms. The summed E-state index contributed by atoms with van der Waals surface area (Å²) in [7, 11) is 3.36. The van der Waals surface area contributed by atoms with Crippen molar-refractivity contribution in [1.29, 1.82) is 0 Å². The van der Waals surface area contributed by atoms with E-state index in [1.807, 2.05) is 24.3 Å². The number of nitrogens with one attached hydrogen (secondary N) is 1. The van der Waals surface area contributed by atoms with Crippen LogP contribution in [-0.4, -0.2) is 20.3 Å². The summed E-state index contributed by atoms with van der Waals surface area (Å²) in [5.74, 6) is 6.83. The fourth-order valence-corrected chi connectivity index (χ4v) is 2.08. The van der Waals surface area contributed by atoms with Crippen LogP contribution in [0.15, 0.2) is 24.3 Å². The van der Waals surface area contributed by atoms with Gasteiger partial charge >= 0.3 is 0 Å². The van der Waals surface area contributed by atoms with Gasteiger partial charge in [0.25, 0.3) is 0 Å². The van der Waals surface area contributed by atoms with Gasteiger partial charge < -0.3 is 9.47 Å². The van der Waals surface area contributed by atoms with Crippen molar-refractivity contribution in [2.24, 2.45) is 11.8 Å². The van der Waals surface area contributed by atoms with Gasteiger partial charge in [-0.3, -0.25) is 11.3 Å². The highest BCUT2D eigenvalue weighted by Gasteiger charge is 2.27. The maximum Gasteiger partial charge on any atom is 0.123 e. The molecule has 0 aromatic heterocycles. The molecule has 0 heterocycles. The van der Waals surface area contributed by atoms with Crippen molar-refractivity contribution in [3.8, 4) is 5.75 Å². The van der Waals surface area contributed by atoms with Crippen LogP contribution >= 0.6 is 0 Å². The molecule has 0 fully saturated rings. The zero-order valence-corrected chi connectivity index (χ0v) is 10.9. The summed E-state index contributed by atoms with van der Waals surface area (Å²) in [5, 5.41) is 0. The molecule has 0 aliphatic carbocycles. The van der Waals surface area contributed by atoms with Crippen molar-refractivity contribution >= 4 is 0 Å². The predicted molar refractivity (Wildman–Crippen MR) is 68.7 cm³/mol. The van der Waals surface area contributed by atoms with Crippen molar-refractivity contribution in [3.63, 3.8) is 0 Å². The van der Waals surface area contributed by atoms with Gasteiger partial charge in [-0.25, -0.2) is 0 Å². The van der Waals surface area contributed by atoms with Crippen LogP contribution < -0.4 is 16.0 Å². The number of methoxy groups -OCH3 is 2. The Morgan fingerprint density at radius 2 is 1.82 bits per heavy atom. The fourth-order valence-electron chi connectivity index (χ4n) is 2.08. The SMILES string of the molecule is COc1ccccc1C(NN)C(OC)C(C)C. The summed E-state index contributed by atoms with van der Waals surface area (Å²) in [6.45, 7) is 4.21. The lowest BCUT2D eigenvalue weighted by atomic mass is 9.93. The number of para-hydroxylation sites is 1. The molecule has 0 aliphatic rings. The summed E-state index contributed by atoms with van der Waals surface area (Å²) in [6.07, 6.45) is -0.00343. The van der Waals surface area contributed by atoms with E-state index in [0.29, 0.717) is 5.92 Å². The zero-order valence-electron chi connectivity index (χ0n) is 10.9. The third-order valence-electron chi connectivity index (χ3n) is 2.91. The van der Waals surface area contributed by atoms with E-state index in [9.17, 15) is 0 Å². The Balaban J connectivity index is 3.07. The van der Waals surface area contributed by atoms with Crippen molar-refractivity contribution in [2.75, 3.05) is 14.2 Å². The molecule has 4 nitrogen and oxygen atoms in total. The maximum atomic E-state index is 5.66. The summed E-state index contributed by atoms with van der Waals surface area (Å²) in [5.41, 5.74) is 3.83. The summed E-state index contributed by atoms with van der Waals surface area (Å²) >= 11 is 0. The van der Waals surface area contributed by atoms with Gasteiger partial charge in [-0.1, -0.05) is 32.0 Å². The topological polar surface area (TPSA) is 56.5 Å². The second-order valence-electron chi connectivity index (χ2n) is 4.33. The van der Waals surface area contributed by atoms with Crippen molar-refractivity contribution in [2.45, 2.75) is 26.0 Å². The van der Waals surface area contributed by atoms with Crippen molar-refractivity contribution < 1.29 is 9.47 Å². The minimum absolute atomic E-state index is 0.00343. The molecule has 1 aromatic carbocycles. The average Bonchev–Trinajstić information content (AvgIpc) is 2.35. The first-order valence-corrected chi connectivity index (χ1v) is 5.77. The monoisotopic (exact) mass is 238 g/mol. The highest BCUT2D eigenvalue weighted by atomic mass is 16.5. The first kappa shape index (κ1) is 14.0. The highest BCUT2D eigenvalue weighted by Crippen LogP contribution is 2.30. The minimum atomic E-state index is -0.0869. The second-order valence-corrected chi connectivity index (χ2v) is 4.33. The van der Waals surface area contributed by atoms with Crippen molar-refractivity contribution in [3.05, 3.63) is 29.8 Å². The van der Waals surface area contributed by atoms with Gasteiger partial charge in [-0.15, -0.1) is 0 Å². The molecule has 0 saturated carbocycles. The summed E-state index contributed by atoms with van der Waals surface area (Å²) in [4.78, 5) is 0. The van der Waals surface area contributed by atoms with E-state index in [0.717, 1.165) is 11.3 Å². The second kappa shape index (κ2) is 6.59. The maximum absolute atomic E-state index is 5.66. The van der Waals surface area contributed by atoms with E-state index in [1.54, 1.807) is 14.2 Å². The van der Waals surface area contributed by atoms with Gasteiger partial charge in [0.1, 0.15) is 5.75 Å². The molecule has 0 radical (unpaired) electrons. The number of hydrogen-bond acceptors (Lipinski definition) is 4. The smallest absolute Gasteiger partial charge is 0.123 e. The van der Waals surface area contributed by atoms with Gasteiger partial charge in [0.2, 0.25) is 0 Å². The lowest BCUT2D eigenvalue weighted by molar-refractivity contribution is 0.0319. The molecule has 4 heteroatoms. The van der Waals surface area contributed by atoms with E-state index in [4.69, 9.17) is 15.3 Å². The Bertz CT molecular complexity index is 342. The average molecular weight is 238 g/mol. The van der Waals surface area contributed by atoms with Crippen LogP contribution in [0.1, 0.15) is 25.5 Å². The van der Waals surface area contributed by atoms with Crippen LogP contribution in [0.25, 0.3) is 0 Å². The van der Waals surface area contributed by atoms with Crippen LogP contribution in [0.5, 0.6) is 5.75 Å². The Hall–Kier alpha value is -1.10. The highest BCUT2D eigenvalue weighted by molar-refractivity contribution is 5.36. The van der Waals surface area contributed by atoms with E-state index < -0.39 is 0 Å². The standard InChI is InChI=1S/C13H22N2O2/c1-9(2)13(17-4)12(15-14)10-7-5-6-8-11(10)16-3/h5-9,12-13,15H,14H2,1-4H3. The molecule has 3 N–H and O–H groups in total. The first-order chi connectivity index (χ1) is 8.15. The fraction of sp³-hybridized carbons (Fsp3) is 0.538. The third-order valence-corrected chi connectivity index (χ3v) is 2.91. The van der Waals surface area contributed by atoms with Crippen molar-refractivity contribution in [1.82, 2.24) is 5.43 Å². The van der Waals surface area contributed by atoms with Crippen LogP contribution in [0.2, 0.25) is 0 Å². The Morgan fingerprint density at radius 3 is 2.29 bits per heavy atom. The third kappa shape index (κ3) is 3.19.